The Labute approximate surface area is 96.3 Å². The van der Waals surface area contributed by atoms with Crippen molar-refractivity contribution in [3.8, 4) is 5.75 Å². The van der Waals surface area contributed by atoms with Gasteiger partial charge in [-0.15, -0.1) is 0 Å². The van der Waals surface area contributed by atoms with Gasteiger partial charge in [0, 0.05) is 17.8 Å². The Morgan fingerprint density at radius 2 is 2.19 bits per heavy atom. The van der Waals surface area contributed by atoms with Crippen LogP contribution in [0, 0.1) is 0 Å². The minimum Gasteiger partial charge on any atom is -0.494 e. The standard InChI is InChI=1S/C12H19N3O/c1-4-5-15-12-10(14)6-9(8(2)13)7-11(12)16-3/h6-7,15H,2,4-5,13-14H2,1,3H3. The second-order valence-corrected chi connectivity index (χ2v) is 3.59. The average Bonchev–Trinajstić information content (AvgIpc) is 2.26. The van der Waals surface area contributed by atoms with Gasteiger partial charge in [-0.1, -0.05) is 13.5 Å². The minimum atomic E-state index is 0.479. The predicted octanol–water partition coefficient (Wildman–Crippen LogP) is 2.03. The third kappa shape index (κ3) is 2.59. The number of nitrogens with one attached hydrogen (secondary N) is 1. The molecule has 0 saturated carbocycles. The van der Waals surface area contributed by atoms with E-state index in [0.717, 1.165) is 24.2 Å². The number of ether oxygens (including phenoxy) is 1. The summed E-state index contributed by atoms with van der Waals surface area (Å²) in [6.07, 6.45) is 1.02. The molecule has 0 radical (unpaired) electrons. The summed E-state index contributed by atoms with van der Waals surface area (Å²) in [5.74, 6) is 0.690. The van der Waals surface area contributed by atoms with Crippen LogP contribution >= 0.6 is 0 Å². The van der Waals surface area contributed by atoms with E-state index in [9.17, 15) is 0 Å². The molecule has 0 unspecified atom stereocenters. The highest BCUT2D eigenvalue weighted by atomic mass is 16.5. The van der Waals surface area contributed by atoms with Crippen molar-refractivity contribution < 1.29 is 4.74 Å². The Kier molecular flexibility index (Phi) is 4.05. The second-order valence-electron chi connectivity index (χ2n) is 3.59. The van der Waals surface area contributed by atoms with Gasteiger partial charge in [-0.3, -0.25) is 0 Å². The van der Waals surface area contributed by atoms with Crippen molar-refractivity contribution in [1.82, 2.24) is 0 Å². The molecule has 16 heavy (non-hydrogen) atoms. The Balaban J connectivity index is 3.12. The van der Waals surface area contributed by atoms with Gasteiger partial charge in [-0.2, -0.15) is 0 Å². The molecule has 4 nitrogen and oxygen atoms in total. The summed E-state index contributed by atoms with van der Waals surface area (Å²) < 4.78 is 5.27. The Morgan fingerprint density at radius 3 is 2.69 bits per heavy atom. The molecule has 88 valence electrons. The van der Waals surface area contributed by atoms with Crippen molar-refractivity contribution in [1.29, 1.82) is 0 Å². The number of hydrogen-bond donors (Lipinski definition) is 3. The van der Waals surface area contributed by atoms with Gasteiger partial charge in [0.2, 0.25) is 0 Å². The molecular weight excluding hydrogens is 202 g/mol. The number of nitrogen functional groups attached to an aromatic ring is 1. The summed E-state index contributed by atoms with van der Waals surface area (Å²) in [5.41, 5.74) is 14.3. The molecule has 0 aliphatic carbocycles. The molecule has 0 aliphatic heterocycles. The lowest BCUT2D eigenvalue weighted by Crippen LogP contribution is -2.06. The molecule has 5 N–H and O–H groups in total. The van der Waals surface area contributed by atoms with Gasteiger partial charge in [0.15, 0.2) is 0 Å². The Morgan fingerprint density at radius 1 is 1.50 bits per heavy atom. The van der Waals surface area contributed by atoms with E-state index in [1.165, 1.54) is 0 Å². The van der Waals surface area contributed by atoms with E-state index < -0.39 is 0 Å². The third-order valence-corrected chi connectivity index (χ3v) is 2.28. The van der Waals surface area contributed by atoms with Crippen molar-refractivity contribution in [3.05, 3.63) is 24.3 Å². The number of hydrogen-bond acceptors (Lipinski definition) is 4. The molecule has 1 aromatic rings. The zero-order valence-electron chi connectivity index (χ0n) is 9.84. The molecule has 0 aliphatic rings. The van der Waals surface area contributed by atoms with E-state index in [2.05, 4.69) is 18.8 Å². The van der Waals surface area contributed by atoms with Crippen LogP contribution in [0.4, 0.5) is 11.4 Å². The molecule has 1 rings (SSSR count). The molecule has 4 heteroatoms. The van der Waals surface area contributed by atoms with Crippen LogP contribution in [0.15, 0.2) is 18.7 Å². The van der Waals surface area contributed by atoms with E-state index in [1.54, 1.807) is 13.2 Å². The van der Waals surface area contributed by atoms with E-state index >= 15 is 0 Å². The normalized spacial score (nSPS) is 9.88. The second kappa shape index (κ2) is 5.30. The predicted molar refractivity (Wildman–Crippen MR) is 69.4 cm³/mol. The lowest BCUT2D eigenvalue weighted by Gasteiger charge is -2.15. The van der Waals surface area contributed by atoms with Crippen LogP contribution in [-0.2, 0) is 0 Å². The highest BCUT2D eigenvalue weighted by Gasteiger charge is 2.09. The van der Waals surface area contributed by atoms with E-state index in [4.69, 9.17) is 16.2 Å². The van der Waals surface area contributed by atoms with Crippen molar-refractivity contribution >= 4 is 17.1 Å². The molecule has 0 spiro atoms. The Bertz CT molecular complexity index is 388. The molecular formula is C12H19N3O. The van der Waals surface area contributed by atoms with Gasteiger partial charge in [-0.05, 0) is 18.6 Å². The number of methoxy groups -OCH3 is 1. The maximum Gasteiger partial charge on any atom is 0.144 e. The van der Waals surface area contributed by atoms with Gasteiger partial charge in [0.05, 0.1) is 12.8 Å². The van der Waals surface area contributed by atoms with Gasteiger partial charge < -0.3 is 21.5 Å². The first-order valence-electron chi connectivity index (χ1n) is 5.26. The molecule has 0 aromatic heterocycles. The van der Waals surface area contributed by atoms with Crippen molar-refractivity contribution in [2.45, 2.75) is 13.3 Å². The summed E-state index contributed by atoms with van der Waals surface area (Å²) in [6, 6.07) is 3.62. The van der Waals surface area contributed by atoms with Gasteiger partial charge in [-0.25, -0.2) is 0 Å². The zero-order chi connectivity index (χ0) is 12.1. The first-order valence-corrected chi connectivity index (χ1v) is 5.26. The molecule has 0 heterocycles. The van der Waals surface area contributed by atoms with Gasteiger partial charge in [0.25, 0.3) is 0 Å². The SMILES string of the molecule is C=C(N)c1cc(N)c(NCCC)c(OC)c1. The fraction of sp³-hybridized carbons (Fsp3) is 0.333. The zero-order valence-corrected chi connectivity index (χ0v) is 9.84. The molecule has 0 fully saturated rings. The van der Waals surface area contributed by atoms with E-state index in [1.807, 2.05) is 6.07 Å². The third-order valence-electron chi connectivity index (χ3n) is 2.28. The van der Waals surface area contributed by atoms with Crippen molar-refractivity contribution in [3.63, 3.8) is 0 Å². The minimum absolute atomic E-state index is 0.479. The van der Waals surface area contributed by atoms with Crippen LogP contribution in [-0.4, -0.2) is 13.7 Å². The lowest BCUT2D eigenvalue weighted by molar-refractivity contribution is 0.416. The average molecular weight is 221 g/mol. The van der Waals surface area contributed by atoms with Crippen LogP contribution in [0.3, 0.4) is 0 Å². The molecule has 0 atom stereocenters. The maximum absolute atomic E-state index is 5.94. The van der Waals surface area contributed by atoms with Crippen LogP contribution in [0.5, 0.6) is 5.75 Å². The summed E-state index contributed by atoms with van der Waals surface area (Å²) in [4.78, 5) is 0. The highest BCUT2D eigenvalue weighted by Crippen LogP contribution is 2.33. The van der Waals surface area contributed by atoms with E-state index in [-0.39, 0.29) is 0 Å². The molecule has 0 bridgehead atoms. The Hall–Kier alpha value is -1.84. The number of nitrogens with two attached hydrogens (primary N) is 2. The maximum atomic E-state index is 5.94. The number of anilines is 2. The first kappa shape index (κ1) is 12.2. The number of benzene rings is 1. The smallest absolute Gasteiger partial charge is 0.144 e. The molecule has 1 aromatic carbocycles. The summed E-state index contributed by atoms with van der Waals surface area (Å²) in [7, 11) is 1.61. The monoisotopic (exact) mass is 221 g/mol. The topological polar surface area (TPSA) is 73.3 Å². The largest absolute Gasteiger partial charge is 0.494 e. The van der Waals surface area contributed by atoms with Crippen LogP contribution in [0.25, 0.3) is 5.70 Å². The fourth-order valence-electron chi connectivity index (χ4n) is 1.42. The quantitative estimate of drug-likeness (QED) is 0.665. The van der Waals surface area contributed by atoms with Gasteiger partial charge in [0.1, 0.15) is 11.4 Å². The van der Waals surface area contributed by atoms with Gasteiger partial charge >= 0.3 is 0 Å². The highest BCUT2D eigenvalue weighted by molar-refractivity contribution is 5.79. The molecule has 0 amide bonds. The summed E-state index contributed by atoms with van der Waals surface area (Å²) >= 11 is 0. The lowest BCUT2D eigenvalue weighted by atomic mass is 10.1. The van der Waals surface area contributed by atoms with Crippen LogP contribution < -0.4 is 21.5 Å². The first-order chi connectivity index (χ1) is 7.60. The van der Waals surface area contributed by atoms with Crippen molar-refractivity contribution in [2.75, 3.05) is 24.7 Å². The summed E-state index contributed by atoms with van der Waals surface area (Å²) in [6.45, 7) is 6.62. The van der Waals surface area contributed by atoms with Crippen LogP contribution in [0.1, 0.15) is 18.9 Å². The van der Waals surface area contributed by atoms with Crippen molar-refractivity contribution in [2.24, 2.45) is 5.73 Å². The fourth-order valence-corrected chi connectivity index (χ4v) is 1.42. The van der Waals surface area contributed by atoms with E-state index in [0.29, 0.717) is 17.1 Å². The summed E-state index contributed by atoms with van der Waals surface area (Å²) in [5, 5.41) is 3.23. The van der Waals surface area contributed by atoms with Crippen LogP contribution in [0.2, 0.25) is 0 Å². The number of rotatable bonds is 5. The molecule has 0 saturated heterocycles.